The molecule has 5 heteroatoms. The summed E-state index contributed by atoms with van der Waals surface area (Å²) in [7, 11) is 0. The highest BCUT2D eigenvalue weighted by molar-refractivity contribution is 5.94. The van der Waals surface area contributed by atoms with Gasteiger partial charge in [0.1, 0.15) is 5.75 Å². The van der Waals surface area contributed by atoms with Crippen LogP contribution in [-0.4, -0.2) is 34.3 Å². The fourth-order valence-corrected chi connectivity index (χ4v) is 2.62. The lowest BCUT2D eigenvalue weighted by atomic mass is 9.74. The Morgan fingerprint density at radius 2 is 2.11 bits per heavy atom. The van der Waals surface area contributed by atoms with Crippen molar-refractivity contribution < 1.29 is 15.0 Å². The molecule has 0 spiro atoms. The molecule has 0 radical (unpaired) electrons. The molecule has 2 rings (SSSR count). The van der Waals surface area contributed by atoms with Crippen molar-refractivity contribution in [2.45, 2.75) is 32.1 Å². The van der Waals surface area contributed by atoms with Crippen LogP contribution in [0.5, 0.6) is 5.75 Å². The Hall–Kier alpha value is -1.62. The first-order valence-corrected chi connectivity index (χ1v) is 6.70. The maximum absolute atomic E-state index is 12.0. The standard InChI is InChI=1S/C14H20N2O3/c17-10-14(6-2-1-3-7-14)9-16-13(19)12-11(18)5-4-8-15-12/h4-5,8,17-18H,1-3,6-7,9-10H2,(H,16,19). The van der Waals surface area contributed by atoms with Crippen LogP contribution < -0.4 is 5.32 Å². The van der Waals surface area contributed by atoms with Gasteiger partial charge in [-0.05, 0) is 25.0 Å². The zero-order chi connectivity index (χ0) is 13.7. The molecule has 0 bridgehead atoms. The van der Waals surface area contributed by atoms with Gasteiger partial charge in [0, 0.05) is 18.2 Å². The van der Waals surface area contributed by atoms with Crippen molar-refractivity contribution in [3.63, 3.8) is 0 Å². The van der Waals surface area contributed by atoms with Crippen LogP contribution in [0.15, 0.2) is 18.3 Å². The molecule has 1 fully saturated rings. The lowest BCUT2D eigenvalue weighted by molar-refractivity contribution is 0.0714. The van der Waals surface area contributed by atoms with Gasteiger partial charge in [0.25, 0.3) is 5.91 Å². The first kappa shape index (κ1) is 13.8. The van der Waals surface area contributed by atoms with Gasteiger partial charge in [-0.1, -0.05) is 19.3 Å². The van der Waals surface area contributed by atoms with Gasteiger partial charge in [-0.2, -0.15) is 0 Å². The molecule has 0 unspecified atom stereocenters. The Morgan fingerprint density at radius 1 is 1.37 bits per heavy atom. The van der Waals surface area contributed by atoms with Crippen molar-refractivity contribution in [1.29, 1.82) is 0 Å². The maximum atomic E-state index is 12.0. The van der Waals surface area contributed by atoms with E-state index >= 15 is 0 Å². The largest absolute Gasteiger partial charge is 0.505 e. The van der Waals surface area contributed by atoms with Gasteiger partial charge in [0.05, 0.1) is 6.61 Å². The van der Waals surface area contributed by atoms with E-state index in [9.17, 15) is 15.0 Å². The molecule has 104 valence electrons. The van der Waals surface area contributed by atoms with Gasteiger partial charge in [-0.3, -0.25) is 4.79 Å². The number of pyridine rings is 1. The van der Waals surface area contributed by atoms with Gasteiger partial charge in [0.15, 0.2) is 5.69 Å². The van der Waals surface area contributed by atoms with Crippen LogP contribution in [0.4, 0.5) is 0 Å². The molecule has 1 amide bonds. The van der Waals surface area contributed by atoms with E-state index in [-0.39, 0.29) is 23.5 Å². The van der Waals surface area contributed by atoms with E-state index in [2.05, 4.69) is 10.3 Å². The molecule has 3 N–H and O–H groups in total. The third kappa shape index (κ3) is 3.23. The summed E-state index contributed by atoms with van der Waals surface area (Å²) in [6, 6.07) is 3.01. The molecule has 1 aliphatic rings. The number of aliphatic hydroxyl groups excluding tert-OH is 1. The van der Waals surface area contributed by atoms with E-state index < -0.39 is 5.91 Å². The first-order valence-electron chi connectivity index (χ1n) is 6.70. The minimum Gasteiger partial charge on any atom is -0.505 e. The van der Waals surface area contributed by atoms with Gasteiger partial charge in [-0.15, -0.1) is 0 Å². The molecule has 0 saturated heterocycles. The molecule has 19 heavy (non-hydrogen) atoms. The van der Waals surface area contributed by atoms with Gasteiger partial charge in [0.2, 0.25) is 0 Å². The van der Waals surface area contributed by atoms with Gasteiger partial charge < -0.3 is 15.5 Å². The summed E-state index contributed by atoms with van der Waals surface area (Å²) in [4.78, 5) is 15.8. The fourth-order valence-electron chi connectivity index (χ4n) is 2.62. The summed E-state index contributed by atoms with van der Waals surface area (Å²) >= 11 is 0. The summed E-state index contributed by atoms with van der Waals surface area (Å²) in [5, 5.41) is 21.9. The van der Waals surface area contributed by atoms with E-state index in [4.69, 9.17) is 0 Å². The average molecular weight is 264 g/mol. The lowest BCUT2D eigenvalue weighted by Gasteiger charge is -2.35. The predicted molar refractivity (Wildman–Crippen MR) is 70.8 cm³/mol. The van der Waals surface area contributed by atoms with E-state index in [0.717, 1.165) is 25.7 Å². The van der Waals surface area contributed by atoms with Crippen LogP contribution in [0.25, 0.3) is 0 Å². The zero-order valence-corrected chi connectivity index (χ0v) is 10.9. The third-order valence-corrected chi connectivity index (χ3v) is 3.88. The monoisotopic (exact) mass is 264 g/mol. The summed E-state index contributed by atoms with van der Waals surface area (Å²) in [5.41, 5.74) is -0.176. The summed E-state index contributed by atoms with van der Waals surface area (Å²) in [6.07, 6.45) is 6.69. The molecule has 1 aromatic heterocycles. The number of aliphatic hydroxyl groups is 1. The number of nitrogens with one attached hydrogen (secondary N) is 1. The molecular weight excluding hydrogens is 244 g/mol. The highest BCUT2D eigenvalue weighted by Gasteiger charge is 2.32. The molecule has 1 heterocycles. The lowest BCUT2D eigenvalue weighted by Crippen LogP contribution is -2.41. The Morgan fingerprint density at radius 3 is 2.74 bits per heavy atom. The van der Waals surface area contributed by atoms with Crippen molar-refractivity contribution in [2.75, 3.05) is 13.2 Å². The number of rotatable bonds is 4. The van der Waals surface area contributed by atoms with Crippen LogP contribution in [0.3, 0.4) is 0 Å². The molecule has 1 aliphatic carbocycles. The quantitative estimate of drug-likeness (QED) is 0.769. The van der Waals surface area contributed by atoms with Crippen molar-refractivity contribution in [3.8, 4) is 5.75 Å². The zero-order valence-electron chi connectivity index (χ0n) is 10.9. The second kappa shape index (κ2) is 6.02. The van der Waals surface area contributed by atoms with Crippen LogP contribution in [0, 0.1) is 5.41 Å². The third-order valence-electron chi connectivity index (χ3n) is 3.88. The first-order chi connectivity index (χ1) is 9.17. The Balaban J connectivity index is 1.98. The Bertz CT molecular complexity index is 442. The van der Waals surface area contributed by atoms with Crippen molar-refractivity contribution in [2.24, 2.45) is 5.41 Å². The number of carbonyl (C=O) groups is 1. The predicted octanol–water partition coefficient (Wildman–Crippen LogP) is 1.46. The van der Waals surface area contributed by atoms with E-state index in [1.54, 1.807) is 6.07 Å². The normalized spacial score (nSPS) is 17.9. The van der Waals surface area contributed by atoms with Crippen LogP contribution in [-0.2, 0) is 0 Å². The number of carbonyl (C=O) groups excluding carboxylic acids is 1. The summed E-state index contributed by atoms with van der Waals surface area (Å²) in [5.74, 6) is -0.516. The van der Waals surface area contributed by atoms with E-state index in [0.29, 0.717) is 6.54 Å². The number of nitrogens with zero attached hydrogens (tertiary/aromatic N) is 1. The smallest absolute Gasteiger partial charge is 0.273 e. The minimum absolute atomic E-state index is 0.0337. The molecule has 5 nitrogen and oxygen atoms in total. The second-order valence-electron chi connectivity index (χ2n) is 5.27. The molecular formula is C14H20N2O3. The highest BCUT2D eigenvalue weighted by Crippen LogP contribution is 2.35. The van der Waals surface area contributed by atoms with Crippen LogP contribution >= 0.6 is 0 Å². The fraction of sp³-hybridized carbons (Fsp3) is 0.571. The topological polar surface area (TPSA) is 82.5 Å². The average Bonchev–Trinajstić information content (AvgIpc) is 2.46. The second-order valence-corrected chi connectivity index (χ2v) is 5.27. The molecule has 0 aromatic carbocycles. The maximum Gasteiger partial charge on any atom is 0.273 e. The number of hydrogen-bond acceptors (Lipinski definition) is 4. The molecule has 1 saturated carbocycles. The highest BCUT2D eigenvalue weighted by atomic mass is 16.3. The number of hydrogen-bond donors (Lipinski definition) is 3. The molecule has 0 atom stereocenters. The number of aromatic hydroxyl groups is 1. The number of aromatic nitrogens is 1. The summed E-state index contributed by atoms with van der Waals surface area (Å²) < 4.78 is 0. The van der Waals surface area contributed by atoms with Crippen LogP contribution in [0.2, 0.25) is 0 Å². The Kier molecular flexibility index (Phi) is 4.37. The van der Waals surface area contributed by atoms with E-state index in [1.165, 1.54) is 18.7 Å². The van der Waals surface area contributed by atoms with Crippen molar-refractivity contribution in [1.82, 2.24) is 10.3 Å². The summed E-state index contributed by atoms with van der Waals surface area (Å²) in [6.45, 7) is 0.514. The van der Waals surface area contributed by atoms with E-state index in [1.807, 2.05) is 0 Å². The van der Waals surface area contributed by atoms with Crippen molar-refractivity contribution >= 4 is 5.91 Å². The van der Waals surface area contributed by atoms with Crippen LogP contribution in [0.1, 0.15) is 42.6 Å². The van der Waals surface area contributed by atoms with Gasteiger partial charge in [-0.25, -0.2) is 4.98 Å². The Labute approximate surface area is 112 Å². The molecule has 1 aromatic rings. The van der Waals surface area contributed by atoms with Crippen molar-refractivity contribution in [3.05, 3.63) is 24.0 Å². The SMILES string of the molecule is O=C(NCC1(CO)CCCCC1)c1ncccc1O. The van der Waals surface area contributed by atoms with Gasteiger partial charge >= 0.3 is 0 Å². The number of amides is 1. The minimum atomic E-state index is -0.392. The molecule has 0 aliphatic heterocycles.